The molecule has 1 atom stereocenters. The highest BCUT2D eigenvalue weighted by Crippen LogP contribution is 2.41. The fourth-order valence-corrected chi connectivity index (χ4v) is 7.40. The second-order valence-corrected chi connectivity index (χ2v) is 12.6. The van der Waals surface area contributed by atoms with Gasteiger partial charge in [0.2, 0.25) is 0 Å². The number of likely N-dealkylation sites (tertiary alicyclic amines) is 1. The molecule has 0 aliphatic carbocycles. The summed E-state index contributed by atoms with van der Waals surface area (Å²) in [7, 11) is -6.76. The number of amides is 1. The molecule has 1 amide bonds. The lowest BCUT2D eigenvalue weighted by atomic mass is 9.80. The first-order valence-electron chi connectivity index (χ1n) is 9.11. The molecule has 1 unspecified atom stereocenters. The molecule has 0 bridgehead atoms. The molecule has 2 saturated heterocycles. The molecule has 1 spiro atoms. The van der Waals surface area contributed by atoms with Crippen LogP contribution in [0.4, 0.5) is 4.79 Å². The van der Waals surface area contributed by atoms with E-state index in [-0.39, 0.29) is 18.1 Å². The van der Waals surface area contributed by atoms with Gasteiger partial charge in [-0.3, -0.25) is 0 Å². The van der Waals surface area contributed by atoms with Gasteiger partial charge < -0.3 is 9.64 Å². The van der Waals surface area contributed by atoms with Crippen LogP contribution in [0.5, 0.6) is 0 Å². The number of carbonyl (C=O) groups is 1. The molecule has 152 valence electrons. The molecule has 8 nitrogen and oxygen atoms in total. The first-order chi connectivity index (χ1) is 11.9. The Labute approximate surface area is 157 Å². The number of ether oxygens (including phenoxy) is 1. The van der Waals surface area contributed by atoms with Gasteiger partial charge in [0.15, 0.2) is 0 Å². The van der Waals surface area contributed by atoms with Crippen LogP contribution in [0.3, 0.4) is 0 Å². The second-order valence-electron chi connectivity index (χ2n) is 7.95. The monoisotopic (exact) mass is 409 g/mol. The normalized spacial score (nSPS) is 25.0. The number of hydrogen-bond acceptors (Lipinski definition) is 5. The fourth-order valence-electron chi connectivity index (χ4n) is 3.40. The zero-order chi connectivity index (χ0) is 19.8. The Morgan fingerprint density at radius 3 is 2.19 bits per heavy atom. The molecule has 2 aliphatic rings. The van der Waals surface area contributed by atoms with Crippen molar-refractivity contribution in [3.8, 4) is 0 Å². The Morgan fingerprint density at radius 2 is 1.73 bits per heavy atom. The maximum Gasteiger partial charge on any atom is 0.410 e. The van der Waals surface area contributed by atoms with Crippen LogP contribution in [0, 0.1) is 0 Å². The molecule has 2 aliphatic heterocycles. The van der Waals surface area contributed by atoms with Crippen molar-refractivity contribution in [2.24, 2.45) is 3.77 Å². The summed E-state index contributed by atoms with van der Waals surface area (Å²) >= 11 is 0. The predicted molar refractivity (Wildman–Crippen MR) is 102 cm³/mol. The molecule has 2 fully saturated rings. The SMILES string of the molecule is CCS(=O)(CC)=NS(=O)(=O)N1CCC12CCCN(C(=O)OC(C)(C)C)C2. The maximum atomic E-state index is 12.8. The van der Waals surface area contributed by atoms with Gasteiger partial charge >= 0.3 is 16.3 Å². The minimum Gasteiger partial charge on any atom is -0.444 e. The summed E-state index contributed by atoms with van der Waals surface area (Å²) < 4.78 is 48.6. The summed E-state index contributed by atoms with van der Waals surface area (Å²) in [6, 6.07) is 0. The van der Waals surface area contributed by atoms with Gasteiger partial charge in [-0.05, 0) is 40.0 Å². The molecule has 0 aromatic heterocycles. The van der Waals surface area contributed by atoms with Crippen molar-refractivity contribution < 1.29 is 22.2 Å². The Kier molecular flexibility index (Phi) is 5.99. The summed E-state index contributed by atoms with van der Waals surface area (Å²) in [6.07, 6.45) is 1.60. The van der Waals surface area contributed by atoms with E-state index in [0.29, 0.717) is 32.4 Å². The smallest absolute Gasteiger partial charge is 0.410 e. The molecule has 0 radical (unpaired) electrons. The first kappa shape index (κ1) is 21.4. The summed E-state index contributed by atoms with van der Waals surface area (Å²) in [4.78, 5) is 14.0. The van der Waals surface area contributed by atoms with Crippen LogP contribution in [0.1, 0.15) is 53.9 Å². The molecule has 26 heavy (non-hydrogen) atoms. The largest absolute Gasteiger partial charge is 0.444 e. The van der Waals surface area contributed by atoms with E-state index in [4.69, 9.17) is 4.74 Å². The van der Waals surface area contributed by atoms with Gasteiger partial charge in [0, 0.05) is 31.1 Å². The zero-order valence-electron chi connectivity index (χ0n) is 16.4. The third-order valence-corrected chi connectivity index (χ3v) is 9.70. The van der Waals surface area contributed by atoms with Crippen LogP contribution in [0.2, 0.25) is 0 Å². The van der Waals surface area contributed by atoms with Gasteiger partial charge in [0.1, 0.15) is 5.60 Å². The highest BCUT2D eigenvalue weighted by Gasteiger charge is 2.54. The van der Waals surface area contributed by atoms with E-state index in [1.54, 1.807) is 39.5 Å². The summed E-state index contributed by atoms with van der Waals surface area (Å²) in [5, 5.41) is 0. The van der Waals surface area contributed by atoms with Crippen molar-refractivity contribution in [2.45, 2.75) is 65.0 Å². The van der Waals surface area contributed by atoms with Crippen molar-refractivity contribution in [1.82, 2.24) is 9.21 Å². The van der Waals surface area contributed by atoms with E-state index in [1.165, 1.54) is 4.31 Å². The summed E-state index contributed by atoms with van der Waals surface area (Å²) in [6.45, 7) is 9.94. The number of hydrogen-bond donors (Lipinski definition) is 0. The number of rotatable bonds is 4. The maximum absolute atomic E-state index is 12.8. The summed E-state index contributed by atoms with van der Waals surface area (Å²) in [5.41, 5.74) is -1.25. The van der Waals surface area contributed by atoms with Crippen LogP contribution in [0.15, 0.2) is 3.77 Å². The highest BCUT2D eigenvalue weighted by atomic mass is 32.3. The quantitative estimate of drug-likeness (QED) is 0.709. The number of nitrogens with zero attached hydrogens (tertiary/aromatic N) is 3. The standard InChI is InChI=1S/C16H31N3O5S2/c1-6-25(21,7-2)17-26(22,23)19-12-10-16(19)9-8-11-18(13-16)14(20)24-15(3,4)5/h6-13H2,1-5H3. The minimum absolute atomic E-state index is 0.202. The molecule has 0 aromatic carbocycles. The van der Waals surface area contributed by atoms with E-state index < -0.39 is 37.2 Å². The van der Waals surface area contributed by atoms with Gasteiger partial charge in [-0.15, -0.1) is 0 Å². The van der Waals surface area contributed by atoms with Crippen molar-refractivity contribution in [3.63, 3.8) is 0 Å². The van der Waals surface area contributed by atoms with Crippen molar-refractivity contribution in [1.29, 1.82) is 0 Å². The Balaban J connectivity index is 2.22. The molecular formula is C16H31N3O5S2. The topological polar surface area (TPSA) is 96.4 Å². The average molecular weight is 410 g/mol. The fraction of sp³-hybridized carbons (Fsp3) is 0.938. The summed E-state index contributed by atoms with van der Waals surface area (Å²) in [5.74, 6) is 0.404. The molecule has 0 aromatic rings. The molecule has 10 heteroatoms. The van der Waals surface area contributed by atoms with E-state index in [9.17, 15) is 17.4 Å². The van der Waals surface area contributed by atoms with Crippen LogP contribution in [-0.2, 0) is 24.7 Å². The van der Waals surface area contributed by atoms with Gasteiger partial charge in [0.05, 0.1) is 15.3 Å². The lowest BCUT2D eigenvalue weighted by molar-refractivity contribution is -0.0263. The lowest BCUT2D eigenvalue weighted by Gasteiger charge is -2.54. The predicted octanol–water partition coefficient (Wildman–Crippen LogP) is 2.21. The van der Waals surface area contributed by atoms with E-state index in [2.05, 4.69) is 3.77 Å². The van der Waals surface area contributed by atoms with Gasteiger partial charge in [0.25, 0.3) is 0 Å². The van der Waals surface area contributed by atoms with Gasteiger partial charge in [-0.25, -0.2) is 9.00 Å². The second kappa shape index (κ2) is 7.27. The van der Waals surface area contributed by atoms with E-state index in [0.717, 1.165) is 0 Å². The van der Waals surface area contributed by atoms with Crippen LogP contribution < -0.4 is 0 Å². The Morgan fingerprint density at radius 1 is 1.12 bits per heavy atom. The molecule has 0 saturated carbocycles. The molecule has 2 rings (SSSR count). The minimum atomic E-state index is -3.99. The average Bonchev–Trinajstić information content (AvgIpc) is 2.51. The Bertz CT molecular complexity index is 755. The third-order valence-electron chi connectivity index (χ3n) is 4.93. The molecule has 0 N–H and O–H groups in total. The van der Waals surface area contributed by atoms with Gasteiger partial charge in [-0.2, -0.15) is 12.7 Å². The van der Waals surface area contributed by atoms with Crippen molar-refractivity contribution in [2.75, 3.05) is 31.1 Å². The van der Waals surface area contributed by atoms with Gasteiger partial charge in [-0.1, -0.05) is 17.6 Å². The Hall–Kier alpha value is -0.870. The number of piperidine rings is 1. The number of carbonyl (C=O) groups excluding carboxylic acids is 1. The molecular weight excluding hydrogens is 378 g/mol. The van der Waals surface area contributed by atoms with Crippen molar-refractivity contribution in [3.05, 3.63) is 0 Å². The van der Waals surface area contributed by atoms with Crippen molar-refractivity contribution >= 4 is 26.0 Å². The lowest BCUT2D eigenvalue weighted by Crippen LogP contribution is -2.68. The highest BCUT2D eigenvalue weighted by molar-refractivity contribution is 8.02. The van der Waals surface area contributed by atoms with E-state index >= 15 is 0 Å². The third kappa shape index (κ3) is 4.51. The molecule has 2 heterocycles. The van der Waals surface area contributed by atoms with Crippen LogP contribution in [0.25, 0.3) is 0 Å². The first-order valence-corrected chi connectivity index (χ1v) is 12.4. The van der Waals surface area contributed by atoms with Crippen LogP contribution in [-0.4, -0.2) is 70.2 Å². The zero-order valence-corrected chi connectivity index (χ0v) is 18.0. The van der Waals surface area contributed by atoms with E-state index in [1.807, 2.05) is 0 Å². The van der Waals surface area contributed by atoms with Crippen LogP contribution >= 0.6 is 0 Å².